The number of nitrogens with zero attached hydrogens (tertiary/aromatic N) is 2. The maximum atomic E-state index is 13.0. The number of thiocarbonyl (C=S) groups is 1. The Morgan fingerprint density at radius 3 is 2.66 bits per heavy atom. The van der Waals surface area contributed by atoms with E-state index in [1.54, 1.807) is 0 Å². The molecule has 2 N–H and O–H groups in total. The summed E-state index contributed by atoms with van der Waals surface area (Å²) < 4.78 is 5.47. The number of aromatic amines is 1. The Morgan fingerprint density at radius 1 is 1.17 bits per heavy atom. The Hall–Kier alpha value is -2.74. The molecule has 7 heteroatoms. The number of pyridine rings is 1. The molecule has 2 heterocycles. The molecule has 0 amide bonds. The molecule has 35 heavy (non-hydrogen) atoms. The highest BCUT2D eigenvalue weighted by atomic mass is 32.1. The minimum absolute atomic E-state index is 0.0541. The zero-order valence-corrected chi connectivity index (χ0v) is 21.8. The van der Waals surface area contributed by atoms with Crippen molar-refractivity contribution in [2.45, 2.75) is 39.8 Å². The SMILES string of the molecule is Cc1cc(C)c2[nH]c(=O)c(CN(CCCN3CCOCC3)C(=S)NC(C)c3ccccc3)cc2c1. The van der Waals surface area contributed by atoms with E-state index in [-0.39, 0.29) is 11.6 Å². The average Bonchev–Trinajstić information content (AvgIpc) is 2.85. The molecule has 0 spiro atoms. The van der Waals surface area contributed by atoms with Crippen LogP contribution in [0.15, 0.2) is 53.3 Å². The average molecular weight is 493 g/mol. The molecule has 1 aliphatic heterocycles. The van der Waals surface area contributed by atoms with E-state index >= 15 is 0 Å². The number of benzene rings is 2. The Balaban J connectivity index is 1.52. The van der Waals surface area contributed by atoms with Gasteiger partial charge in [-0.25, -0.2) is 0 Å². The third-order valence-corrected chi connectivity index (χ3v) is 7.04. The molecule has 0 saturated carbocycles. The molecule has 1 saturated heterocycles. The van der Waals surface area contributed by atoms with Crippen LogP contribution < -0.4 is 10.9 Å². The number of rotatable bonds is 8. The summed E-state index contributed by atoms with van der Waals surface area (Å²) in [6, 6.07) is 16.6. The minimum Gasteiger partial charge on any atom is -0.379 e. The van der Waals surface area contributed by atoms with Crippen LogP contribution in [0.25, 0.3) is 10.9 Å². The fourth-order valence-electron chi connectivity index (χ4n) is 4.72. The number of fused-ring (bicyclic) bond motifs is 1. The first-order chi connectivity index (χ1) is 16.9. The van der Waals surface area contributed by atoms with Crippen LogP contribution in [0.1, 0.15) is 41.6 Å². The largest absolute Gasteiger partial charge is 0.379 e. The first-order valence-corrected chi connectivity index (χ1v) is 12.8. The second kappa shape index (κ2) is 11.8. The van der Waals surface area contributed by atoms with Crippen molar-refractivity contribution in [1.29, 1.82) is 0 Å². The van der Waals surface area contributed by atoms with Gasteiger partial charge in [-0.3, -0.25) is 9.69 Å². The quantitative estimate of drug-likeness (QED) is 0.457. The number of aryl methyl sites for hydroxylation is 2. The van der Waals surface area contributed by atoms with Gasteiger partial charge in [-0.15, -0.1) is 0 Å². The van der Waals surface area contributed by atoms with Crippen molar-refractivity contribution in [2.24, 2.45) is 0 Å². The lowest BCUT2D eigenvalue weighted by molar-refractivity contribution is 0.0367. The monoisotopic (exact) mass is 492 g/mol. The predicted octanol–water partition coefficient (Wildman–Crippen LogP) is 4.30. The number of morpholine rings is 1. The molecular formula is C28H36N4O2S. The van der Waals surface area contributed by atoms with Gasteiger partial charge in [0.05, 0.1) is 31.3 Å². The van der Waals surface area contributed by atoms with Crippen molar-refractivity contribution in [2.75, 3.05) is 39.4 Å². The Kier molecular flexibility index (Phi) is 8.55. The molecular weight excluding hydrogens is 456 g/mol. The molecule has 4 rings (SSSR count). The standard InChI is InChI=1S/C28H36N4O2S/c1-20-16-21(2)26-24(17-20)18-25(27(33)30-26)19-32(11-7-10-31-12-14-34-15-13-31)28(35)29-22(3)23-8-5-4-6-9-23/h4-6,8-9,16-18,22H,7,10-15,19H2,1-3H3,(H,29,35)(H,30,33). The summed E-state index contributed by atoms with van der Waals surface area (Å²) in [5, 5.41) is 5.22. The molecule has 1 atom stereocenters. The van der Waals surface area contributed by atoms with Gasteiger partial charge in [-0.2, -0.15) is 0 Å². The van der Waals surface area contributed by atoms with E-state index in [9.17, 15) is 4.79 Å². The summed E-state index contributed by atoms with van der Waals surface area (Å²) in [7, 11) is 0. The van der Waals surface area contributed by atoms with Gasteiger partial charge in [0, 0.05) is 31.7 Å². The van der Waals surface area contributed by atoms with Crippen LogP contribution in [0.5, 0.6) is 0 Å². The van der Waals surface area contributed by atoms with Crippen LogP contribution in [0.2, 0.25) is 0 Å². The zero-order chi connectivity index (χ0) is 24.8. The van der Waals surface area contributed by atoms with Gasteiger partial charge in [0.25, 0.3) is 5.56 Å². The Morgan fingerprint density at radius 2 is 1.91 bits per heavy atom. The summed E-state index contributed by atoms with van der Waals surface area (Å²) in [4.78, 5) is 20.7. The number of nitrogens with one attached hydrogen (secondary N) is 2. The van der Waals surface area contributed by atoms with Crippen LogP contribution in [0.4, 0.5) is 0 Å². The molecule has 0 bridgehead atoms. The second-order valence-electron chi connectivity index (χ2n) is 9.48. The number of H-pyrrole nitrogens is 1. The fraction of sp³-hybridized carbons (Fsp3) is 0.429. The molecule has 1 fully saturated rings. The molecule has 0 radical (unpaired) electrons. The topological polar surface area (TPSA) is 60.6 Å². The summed E-state index contributed by atoms with van der Waals surface area (Å²) in [5.74, 6) is 0. The molecule has 1 aliphatic rings. The predicted molar refractivity (Wildman–Crippen MR) is 147 cm³/mol. The third-order valence-electron chi connectivity index (χ3n) is 6.66. The van der Waals surface area contributed by atoms with Gasteiger partial charge in [-0.1, -0.05) is 42.0 Å². The van der Waals surface area contributed by atoms with Crippen molar-refractivity contribution in [3.63, 3.8) is 0 Å². The van der Waals surface area contributed by atoms with Crippen LogP contribution in [-0.2, 0) is 11.3 Å². The number of hydrogen-bond acceptors (Lipinski definition) is 4. The lowest BCUT2D eigenvalue weighted by Crippen LogP contribution is -2.43. The molecule has 1 aromatic heterocycles. The summed E-state index contributed by atoms with van der Waals surface area (Å²) >= 11 is 5.87. The van der Waals surface area contributed by atoms with E-state index in [1.807, 2.05) is 31.2 Å². The number of hydrogen-bond donors (Lipinski definition) is 2. The van der Waals surface area contributed by atoms with E-state index in [0.717, 1.165) is 67.8 Å². The summed E-state index contributed by atoms with van der Waals surface area (Å²) in [6.45, 7) is 12.0. The zero-order valence-electron chi connectivity index (χ0n) is 21.0. The second-order valence-corrected chi connectivity index (χ2v) is 9.87. The van der Waals surface area contributed by atoms with Gasteiger partial charge in [0.1, 0.15) is 0 Å². The van der Waals surface area contributed by atoms with Crippen molar-refractivity contribution in [3.8, 4) is 0 Å². The van der Waals surface area contributed by atoms with Crippen LogP contribution in [0.3, 0.4) is 0 Å². The third kappa shape index (κ3) is 6.69. The van der Waals surface area contributed by atoms with Crippen molar-refractivity contribution >= 4 is 28.2 Å². The van der Waals surface area contributed by atoms with Gasteiger partial charge in [0.2, 0.25) is 0 Å². The van der Waals surface area contributed by atoms with Gasteiger partial charge in [0.15, 0.2) is 5.11 Å². The van der Waals surface area contributed by atoms with Gasteiger partial charge < -0.3 is 19.9 Å². The normalized spacial score (nSPS) is 15.2. The Bertz CT molecular complexity index is 1200. The molecule has 1 unspecified atom stereocenters. The number of aromatic nitrogens is 1. The Labute approximate surface area is 213 Å². The summed E-state index contributed by atoms with van der Waals surface area (Å²) in [5.41, 5.74) is 5.02. The first-order valence-electron chi connectivity index (χ1n) is 12.4. The molecule has 0 aliphatic carbocycles. The van der Waals surface area contributed by atoms with Crippen LogP contribution in [-0.4, -0.2) is 59.3 Å². The number of ether oxygens (including phenoxy) is 1. The molecule has 186 valence electrons. The van der Waals surface area contributed by atoms with E-state index in [1.165, 1.54) is 11.1 Å². The first kappa shape index (κ1) is 25.4. The highest BCUT2D eigenvalue weighted by molar-refractivity contribution is 7.80. The molecule has 6 nitrogen and oxygen atoms in total. The van der Waals surface area contributed by atoms with Crippen molar-refractivity contribution in [1.82, 2.24) is 20.1 Å². The summed E-state index contributed by atoms with van der Waals surface area (Å²) in [6.07, 6.45) is 0.964. The maximum Gasteiger partial charge on any atom is 0.253 e. The van der Waals surface area contributed by atoms with Crippen molar-refractivity contribution in [3.05, 3.63) is 81.1 Å². The van der Waals surface area contributed by atoms with Crippen LogP contribution >= 0.6 is 12.2 Å². The maximum absolute atomic E-state index is 13.0. The van der Waals surface area contributed by atoms with Crippen LogP contribution in [0, 0.1) is 13.8 Å². The lowest BCUT2D eigenvalue weighted by atomic mass is 10.1. The molecule has 3 aromatic rings. The van der Waals surface area contributed by atoms with Gasteiger partial charge >= 0.3 is 0 Å². The highest BCUT2D eigenvalue weighted by Crippen LogP contribution is 2.19. The minimum atomic E-state index is -0.0541. The van der Waals surface area contributed by atoms with E-state index < -0.39 is 0 Å². The van der Waals surface area contributed by atoms with E-state index in [4.69, 9.17) is 17.0 Å². The molecule has 2 aromatic carbocycles. The highest BCUT2D eigenvalue weighted by Gasteiger charge is 2.17. The fourth-order valence-corrected chi connectivity index (χ4v) is 5.05. The lowest BCUT2D eigenvalue weighted by Gasteiger charge is -2.30. The smallest absolute Gasteiger partial charge is 0.253 e. The van der Waals surface area contributed by atoms with E-state index in [0.29, 0.717) is 11.7 Å². The van der Waals surface area contributed by atoms with Crippen molar-refractivity contribution < 1.29 is 4.74 Å². The van der Waals surface area contributed by atoms with Gasteiger partial charge in [-0.05, 0) is 68.1 Å². The van der Waals surface area contributed by atoms with E-state index in [2.05, 4.69) is 58.2 Å².